The number of nitrogens with one attached hydrogen (secondary N) is 1. The Bertz CT molecular complexity index is 323. The molecule has 0 bridgehead atoms. The fourth-order valence-corrected chi connectivity index (χ4v) is 2.06. The van der Waals surface area contributed by atoms with Crippen LogP contribution in [0.4, 0.5) is 0 Å². The van der Waals surface area contributed by atoms with Crippen molar-refractivity contribution in [2.24, 2.45) is 5.92 Å². The zero-order valence-corrected chi connectivity index (χ0v) is 10.1. The number of nitriles is 2. The molecule has 0 saturated carbocycles. The molecule has 17 heavy (non-hydrogen) atoms. The van der Waals surface area contributed by atoms with Crippen LogP contribution in [0.2, 0.25) is 0 Å². The number of rotatable bonds is 5. The molecule has 1 aliphatic rings. The molecule has 0 aliphatic carbocycles. The molecule has 1 fully saturated rings. The van der Waals surface area contributed by atoms with Gasteiger partial charge >= 0.3 is 0 Å². The van der Waals surface area contributed by atoms with Crippen LogP contribution in [0.25, 0.3) is 0 Å². The van der Waals surface area contributed by atoms with Crippen molar-refractivity contribution in [1.29, 1.82) is 10.5 Å². The van der Waals surface area contributed by atoms with Gasteiger partial charge in [-0.1, -0.05) is 6.92 Å². The topological polar surface area (TPSA) is 79.9 Å². The third kappa shape index (κ3) is 3.72. The van der Waals surface area contributed by atoms with Crippen molar-refractivity contribution < 1.29 is 4.79 Å². The maximum Gasteiger partial charge on any atom is 0.240 e. The molecule has 1 rings (SSSR count). The average molecular weight is 234 g/mol. The molecule has 92 valence electrons. The van der Waals surface area contributed by atoms with Crippen molar-refractivity contribution >= 4 is 5.91 Å². The van der Waals surface area contributed by atoms with E-state index in [0.717, 1.165) is 13.0 Å². The van der Waals surface area contributed by atoms with Crippen molar-refractivity contribution in [3.05, 3.63) is 0 Å². The highest BCUT2D eigenvalue weighted by Gasteiger charge is 2.32. The number of hydrogen-bond acceptors (Lipinski definition) is 4. The van der Waals surface area contributed by atoms with Crippen molar-refractivity contribution in [3.63, 3.8) is 0 Å². The zero-order valence-electron chi connectivity index (χ0n) is 10.1. The van der Waals surface area contributed by atoms with Gasteiger partial charge in [-0.05, 0) is 18.9 Å². The van der Waals surface area contributed by atoms with Gasteiger partial charge in [0.2, 0.25) is 5.91 Å². The van der Waals surface area contributed by atoms with Gasteiger partial charge in [-0.2, -0.15) is 10.5 Å². The Morgan fingerprint density at radius 2 is 1.94 bits per heavy atom. The van der Waals surface area contributed by atoms with E-state index >= 15 is 0 Å². The van der Waals surface area contributed by atoms with Crippen LogP contribution < -0.4 is 5.32 Å². The van der Waals surface area contributed by atoms with Crippen molar-refractivity contribution in [2.45, 2.75) is 32.2 Å². The van der Waals surface area contributed by atoms with Crippen molar-refractivity contribution in [3.8, 4) is 12.1 Å². The van der Waals surface area contributed by atoms with Gasteiger partial charge in [0.1, 0.15) is 0 Å². The second-order valence-electron chi connectivity index (χ2n) is 4.34. The smallest absolute Gasteiger partial charge is 0.240 e. The summed E-state index contributed by atoms with van der Waals surface area (Å²) in [6.45, 7) is 3.75. The predicted molar refractivity (Wildman–Crippen MR) is 62.6 cm³/mol. The Morgan fingerprint density at radius 3 is 2.35 bits per heavy atom. The first-order chi connectivity index (χ1) is 8.20. The van der Waals surface area contributed by atoms with Gasteiger partial charge in [0, 0.05) is 13.1 Å². The van der Waals surface area contributed by atoms with Crippen molar-refractivity contribution in [1.82, 2.24) is 10.2 Å². The van der Waals surface area contributed by atoms with Crippen LogP contribution in [0.1, 0.15) is 26.2 Å². The fourth-order valence-electron chi connectivity index (χ4n) is 2.06. The first kappa shape index (κ1) is 13.5. The Morgan fingerprint density at radius 1 is 1.35 bits per heavy atom. The van der Waals surface area contributed by atoms with E-state index in [1.54, 1.807) is 4.90 Å². The minimum absolute atomic E-state index is 0.0282. The summed E-state index contributed by atoms with van der Waals surface area (Å²) in [5, 5.41) is 20.3. The number of amides is 1. The van der Waals surface area contributed by atoms with E-state index in [1.807, 2.05) is 12.1 Å². The number of nitrogens with zero attached hydrogens (tertiary/aromatic N) is 3. The maximum absolute atomic E-state index is 12.2. The van der Waals surface area contributed by atoms with Gasteiger partial charge in [-0.25, -0.2) is 0 Å². The molecule has 5 heteroatoms. The Hall–Kier alpha value is -1.59. The lowest BCUT2D eigenvalue weighted by Gasteiger charge is -2.25. The van der Waals surface area contributed by atoms with E-state index in [9.17, 15) is 4.79 Å². The lowest BCUT2D eigenvalue weighted by Crippen LogP contribution is -2.46. The van der Waals surface area contributed by atoms with Crippen LogP contribution in [-0.2, 0) is 4.79 Å². The molecule has 0 aromatic rings. The Balaban J connectivity index is 2.58. The Kier molecular flexibility index (Phi) is 5.45. The summed E-state index contributed by atoms with van der Waals surface area (Å²) in [4.78, 5) is 13.8. The highest BCUT2D eigenvalue weighted by atomic mass is 16.2. The molecule has 2 unspecified atom stereocenters. The molecule has 1 saturated heterocycles. The molecule has 1 aliphatic heterocycles. The van der Waals surface area contributed by atoms with Gasteiger partial charge < -0.3 is 10.2 Å². The van der Waals surface area contributed by atoms with E-state index in [4.69, 9.17) is 10.5 Å². The summed E-state index contributed by atoms with van der Waals surface area (Å²) in [5.41, 5.74) is 0. The van der Waals surface area contributed by atoms with Gasteiger partial charge in [0.15, 0.2) is 0 Å². The standard InChI is InChI=1S/C12H18N4O/c1-10-4-7-15-11(10)12(17)16(8-2-5-13)9-3-6-14/h10-11,15H,2-4,7-9H2,1H3. The van der Waals surface area contributed by atoms with E-state index in [1.165, 1.54) is 0 Å². The van der Waals surface area contributed by atoms with E-state index in [2.05, 4.69) is 12.2 Å². The molecule has 0 aromatic heterocycles. The monoisotopic (exact) mass is 234 g/mol. The first-order valence-corrected chi connectivity index (χ1v) is 5.96. The highest BCUT2D eigenvalue weighted by molar-refractivity contribution is 5.82. The molecule has 1 N–H and O–H groups in total. The van der Waals surface area contributed by atoms with Gasteiger partial charge in [0.05, 0.1) is 31.0 Å². The van der Waals surface area contributed by atoms with Crippen LogP contribution in [0, 0.1) is 28.6 Å². The summed E-state index contributed by atoms with van der Waals surface area (Å²) in [5.74, 6) is 0.356. The average Bonchev–Trinajstić information content (AvgIpc) is 2.75. The van der Waals surface area contributed by atoms with Crippen LogP contribution in [-0.4, -0.2) is 36.5 Å². The predicted octanol–water partition coefficient (Wildman–Crippen LogP) is 0.640. The quantitative estimate of drug-likeness (QED) is 0.757. The Labute approximate surface area is 102 Å². The number of hydrogen-bond donors (Lipinski definition) is 1. The molecule has 0 radical (unpaired) electrons. The van der Waals surface area contributed by atoms with Crippen molar-refractivity contribution in [2.75, 3.05) is 19.6 Å². The SMILES string of the molecule is CC1CCNC1C(=O)N(CCC#N)CCC#N. The molecule has 2 atom stereocenters. The molecule has 0 aromatic carbocycles. The normalized spacial score (nSPS) is 22.8. The zero-order chi connectivity index (χ0) is 12.7. The maximum atomic E-state index is 12.2. The molecular weight excluding hydrogens is 216 g/mol. The summed E-state index contributed by atoms with van der Waals surface area (Å²) in [6, 6.07) is 3.92. The van der Waals surface area contributed by atoms with Crippen LogP contribution in [0.5, 0.6) is 0 Å². The minimum Gasteiger partial charge on any atom is -0.339 e. The fraction of sp³-hybridized carbons (Fsp3) is 0.750. The minimum atomic E-state index is -0.146. The van der Waals surface area contributed by atoms with Gasteiger partial charge in [-0.15, -0.1) is 0 Å². The van der Waals surface area contributed by atoms with E-state index in [0.29, 0.717) is 31.8 Å². The lowest BCUT2D eigenvalue weighted by molar-refractivity contribution is -0.133. The van der Waals surface area contributed by atoms with Crippen LogP contribution in [0.3, 0.4) is 0 Å². The van der Waals surface area contributed by atoms with E-state index in [-0.39, 0.29) is 11.9 Å². The first-order valence-electron chi connectivity index (χ1n) is 5.96. The molecule has 1 amide bonds. The van der Waals surface area contributed by atoms with Crippen LogP contribution >= 0.6 is 0 Å². The second kappa shape index (κ2) is 6.88. The van der Waals surface area contributed by atoms with E-state index < -0.39 is 0 Å². The van der Waals surface area contributed by atoms with Gasteiger partial charge in [-0.3, -0.25) is 4.79 Å². The number of carbonyl (C=O) groups is 1. The van der Waals surface area contributed by atoms with Gasteiger partial charge in [0.25, 0.3) is 0 Å². The summed E-state index contributed by atoms with van der Waals surface area (Å²) >= 11 is 0. The number of carbonyl (C=O) groups excluding carboxylic acids is 1. The highest BCUT2D eigenvalue weighted by Crippen LogP contribution is 2.16. The largest absolute Gasteiger partial charge is 0.339 e. The summed E-state index contributed by atoms with van der Waals surface area (Å²) in [6.07, 6.45) is 1.64. The molecular formula is C12H18N4O. The molecule has 1 heterocycles. The van der Waals surface area contributed by atoms with Crippen LogP contribution in [0.15, 0.2) is 0 Å². The summed E-state index contributed by atoms with van der Waals surface area (Å²) in [7, 11) is 0. The summed E-state index contributed by atoms with van der Waals surface area (Å²) < 4.78 is 0. The molecule has 5 nitrogen and oxygen atoms in total. The molecule has 0 spiro atoms. The third-order valence-corrected chi connectivity index (χ3v) is 3.10. The third-order valence-electron chi connectivity index (χ3n) is 3.10. The lowest BCUT2D eigenvalue weighted by atomic mass is 10.0. The second-order valence-corrected chi connectivity index (χ2v) is 4.34.